The van der Waals surface area contributed by atoms with Crippen LogP contribution in [0.15, 0.2) is 18.2 Å². The lowest BCUT2D eigenvalue weighted by Gasteiger charge is -2.17. The van der Waals surface area contributed by atoms with Gasteiger partial charge in [0.25, 0.3) is 0 Å². The number of nitrogens with zero attached hydrogens (tertiary/aromatic N) is 1. The first kappa shape index (κ1) is 17.1. The number of amides is 1. The average molecular weight is 316 g/mol. The first-order chi connectivity index (χ1) is 9.56. The summed E-state index contributed by atoms with van der Waals surface area (Å²) in [7, 11) is 0. The molecule has 1 amide bonds. The first-order valence-corrected chi connectivity index (χ1v) is 8.25. The number of thioether (sulfide) groups is 1. The van der Waals surface area contributed by atoms with Crippen molar-refractivity contribution in [1.29, 1.82) is 0 Å². The van der Waals surface area contributed by atoms with Crippen molar-refractivity contribution in [2.75, 3.05) is 42.2 Å². The highest BCUT2D eigenvalue weighted by atomic mass is 35.5. The maximum absolute atomic E-state index is 11.8. The van der Waals surface area contributed by atoms with Crippen molar-refractivity contribution in [2.24, 2.45) is 0 Å². The Hall–Kier alpha value is -0.910. The van der Waals surface area contributed by atoms with E-state index in [4.69, 9.17) is 17.3 Å². The van der Waals surface area contributed by atoms with Crippen molar-refractivity contribution >= 4 is 40.6 Å². The molecule has 0 aromatic heterocycles. The van der Waals surface area contributed by atoms with Crippen LogP contribution in [0.25, 0.3) is 0 Å². The number of anilines is 2. The molecule has 1 aromatic carbocycles. The molecule has 0 aliphatic carbocycles. The van der Waals surface area contributed by atoms with E-state index in [0.29, 0.717) is 22.2 Å². The molecule has 0 bridgehead atoms. The van der Waals surface area contributed by atoms with Crippen molar-refractivity contribution in [3.05, 3.63) is 23.2 Å². The molecule has 0 unspecified atom stereocenters. The number of nitrogen functional groups attached to an aromatic ring is 1. The van der Waals surface area contributed by atoms with E-state index in [1.807, 2.05) is 0 Å². The van der Waals surface area contributed by atoms with E-state index in [-0.39, 0.29) is 5.91 Å². The van der Waals surface area contributed by atoms with Gasteiger partial charge in [0.15, 0.2) is 0 Å². The molecule has 0 atom stereocenters. The van der Waals surface area contributed by atoms with Crippen molar-refractivity contribution in [2.45, 2.75) is 13.8 Å². The van der Waals surface area contributed by atoms with Crippen LogP contribution in [-0.2, 0) is 4.79 Å². The van der Waals surface area contributed by atoms with Crippen LogP contribution in [0.5, 0.6) is 0 Å². The number of nitrogens with one attached hydrogen (secondary N) is 1. The Morgan fingerprint density at radius 1 is 1.40 bits per heavy atom. The average Bonchev–Trinajstić information content (AvgIpc) is 2.43. The van der Waals surface area contributed by atoms with E-state index in [2.05, 4.69) is 24.1 Å². The summed E-state index contributed by atoms with van der Waals surface area (Å²) in [5, 5.41) is 3.31. The third-order valence-corrected chi connectivity index (χ3v) is 4.24. The Balaban J connectivity index is 2.28. The number of halogens is 1. The summed E-state index contributed by atoms with van der Waals surface area (Å²) in [4.78, 5) is 14.1. The van der Waals surface area contributed by atoms with Crippen LogP contribution in [-0.4, -0.2) is 41.9 Å². The van der Waals surface area contributed by atoms with Gasteiger partial charge < -0.3 is 16.0 Å². The molecule has 1 rings (SSSR count). The lowest BCUT2D eigenvalue weighted by atomic mass is 10.3. The third-order valence-electron chi connectivity index (χ3n) is 2.96. The summed E-state index contributed by atoms with van der Waals surface area (Å²) in [5.41, 5.74) is 6.84. The normalized spacial score (nSPS) is 10.8. The molecule has 1 aromatic rings. The first-order valence-electron chi connectivity index (χ1n) is 6.71. The minimum atomic E-state index is -0.0173. The molecule has 3 N–H and O–H groups in total. The number of carbonyl (C=O) groups excluding carboxylic acids is 1. The highest BCUT2D eigenvalue weighted by Crippen LogP contribution is 2.22. The van der Waals surface area contributed by atoms with Gasteiger partial charge in [-0.15, -0.1) is 0 Å². The zero-order chi connectivity index (χ0) is 15.0. The van der Waals surface area contributed by atoms with Gasteiger partial charge in [0, 0.05) is 18.0 Å². The molecule has 0 saturated carbocycles. The summed E-state index contributed by atoms with van der Waals surface area (Å²) < 4.78 is 0. The van der Waals surface area contributed by atoms with E-state index in [1.165, 1.54) is 0 Å². The van der Waals surface area contributed by atoms with Crippen LogP contribution in [0.1, 0.15) is 13.8 Å². The number of benzene rings is 1. The Morgan fingerprint density at radius 3 is 2.70 bits per heavy atom. The Kier molecular flexibility index (Phi) is 7.80. The minimum absolute atomic E-state index is 0.0173. The van der Waals surface area contributed by atoms with E-state index in [9.17, 15) is 4.79 Å². The monoisotopic (exact) mass is 315 g/mol. The predicted octanol–water partition coefficient (Wildman–Crippen LogP) is 2.94. The molecule has 0 fully saturated rings. The van der Waals surface area contributed by atoms with Gasteiger partial charge in [-0.2, -0.15) is 11.8 Å². The number of nitrogens with two attached hydrogens (primary N) is 1. The molecule has 0 saturated heterocycles. The third kappa shape index (κ3) is 6.03. The summed E-state index contributed by atoms with van der Waals surface area (Å²) in [5.74, 6) is 1.39. The highest BCUT2D eigenvalue weighted by molar-refractivity contribution is 7.99. The fourth-order valence-electron chi connectivity index (χ4n) is 1.72. The fraction of sp³-hybridized carbons (Fsp3) is 0.500. The van der Waals surface area contributed by atoms with Gasteiger partial charge in [0.05, 0.1) is 16.5 Å². The molecule has 0 heterocycles. The van der Waals surface area contributed by atoms with Gasteiger partial charge in [0.1, 0.15) is 0 Å². The van der Waals surface area contributed by atoms with Crippen LogP contribution >= 0.6 is 23.4 Å². The minimum Gasteiger partial charge on any atom is -0.397 e. The van der Waals surface area contributed by atoms with Gasteiger partial charge in [-0.1, -0.05) is 25.4 Å². The molecule has 0 spiro atoms. The Bertz CT molecular complexity index is 438. The zero-order valence-corrected chi connectivity index (χ0v) is 13.6. The Labute approximate surface area is 130 Å². The van der Waals surface area contributed by atoms with Crippen LogP contribution < -0.4 is 11.1 Å². The number of rotatable bonds is 8. The van der Waals surface area contributed by atoms with Gasteiger partial charge in [-0.25, -0.2) is 0 Å². The second-order valence-corrected chi connectivity index (χ2v) is 5.88. The maximum Gasteiger partial charge on any atom is 0.234 e. The van der Waals surface area contributed by atoms with Crippen LogP contribution in [0.3, 0.4) is 0 Å². The smallest absolute Gasteiger partial charge is 0.234 e. The van der Waals surface area contributed by atoms with E-state index in [0.717, 1.165) is 25.4 Å². The Morgan fingerprint density at radius 2 is 2.10 bits per heavy atom. The van der Waals surface area contributed by atoms with Crippen molar-refractivity contribution < 1.29 is 4.79 Å². The molecule has 0 aliphatic heterocycles. The largest absolute Gasteiger partial charge is 0.397 e. The SMILES string of the molecule is CCN(CC)CCSCC(=O)Nc1ccc(Cl)c(N)c1. The van der Waals surface area contributed by atoms with E-state index >= 15 is 0 Å². The lowest BCUT2D eigenvalue weighted by Crippen LogP contribution is -2.26. The molecular weight excluding hydrogens is 294 g/mol. The second-order valence-electron chi connectivity index (χ2n) is 4.36. The molecule has 112 valence electrons. The van der Waals surface area contributed by atoms with Crippen molar-refractivity contribution in [3.63, 3.8) is 0 Å². The summed E-state index contributed by atoms with van der Waals surface area (Å²) in [6.07, 6.45) is 0. The van der Waals surface area contributed by atoms with Crippen molar-refractivity contribution in [3.8, 4) is 0 Å². The zero-order valence-electron chi connectivity index (χ0n) is 12.0. The number of hydrogen-bond donors (Lipinski definition) is 2. The van der Waals surface area contributed by atoms with Crippen molar-refractivity contribution in [1.82, 2.24) is 4.90 Å². The van der Waals surface area contributed by atoms with Crippen LogP contribution in [0.2, 0.25) is 5.02 Å². The summed E-state index contributed by atoms with van der Waals surface area (Å²) >= 11 is 7.47. The second kappa shape index (κ2) is 9.10. The molecular formula is C14H22ClN3OS. The molecule has 6 heteroatoms. The van der Waals surface area contributed by atoms with Gasteiger partial charge in [-0.05, 0) is 31.3 Å². The molecule has 0 radical (unpaired) electrons. The number of carbonyl (C=O) groups is 1. The number of hydrogen-bond acceptors (Lipinski definition) is 4. The lowest BCUT2D eigenvalue weighted by molar-refractivity contribution is -0.113. The van der Waals surface area contributed by atoms with Crippen LogP contribution in [0, 0.1) is 0 Å². The summed E-state index contributed by atoms with van der Waals surface area (Å²) in [6, 6.07) is 5.10. The molecule has 4 nitrogen and oxygen atoms in total. The van der Waals surface area contributed by atoms with Gasteiger partial charge in [0.2, 0.25) is 5.91 Å². The van der Waals surface area contributed by atoms with E-state index < -0.39 is 0 Å². The molecule has 0 aliphatic rings. The van der Waals surface area contributed by atoms with E-state index in [1.54, 1.807) is 30.0 Å². The topological polar surface area (TPSA) is 58.4 Å². The highest BCUT2D eigenvalue weighted by Gasteiger charge is 2.05. The van der Waals surface area contributed by atoms with Gasteiger partial charge in [-0.3, -0.25) is 4.79 Å². The standard InChI is InChI=1S/C14H22ClN3OS/c1-3-18(4-2)7-8-20-10-14(19)17-11-5-6-12(15)13(16)9-11/h5-6,9H,3-4,7-8,10,16H2,1-2H3,(H,17,19). The maximum atomic E-state index is 11.8. The fourth-order valence-corrected chi connectivity index (χ4v) is 2.62. The van der Waals surface area contributed by atoms with Crippen LogP contribution in [0.4, 0.5) is 11.4 Å². The quantitative estimate of drug-likeness (QED) is 0.572. The summed E-state index contributed by atoms with van der Waals surface area (Å²) in [6.45, 7) is 7.40. The predicted molar refractivity (Wildman–Crippen MR) is 89.6 cm³/mol. The van der Waals surface area contributed by atoms with Gasteiger partial charge >= 0.3 is 0 Å². The molecule has 20 heavy (non-hydrogen) atoms.